The molecule has 0 atom stereocenters. The Labute approximate surface area is 870 Å². The van der Waals surface area contributed by atoms with Gasteiger partial charge in [-0.2, -0.15) is 8.42 Å². The average Bonchev–Trinajstić information content (AvgIpc) is 1.04. The molecule has 0 aliphatic carbocycles. The number of thioether (sulfide) groups is 1. The first-order valence-corrected chi connectivity index (χ1v) is 55.3. The minimum atomic E-state index is -4.67. The van der Waals surface area contributed by atoms with Crippen LogP contribution in [0.25, 0.3) is 0 Å². The van der Waals surface area contributed by atoms with Gasteiger partial charge in [0, 0.05) is 78.0 Å². The molecule has 27 nitrogen and oxygen atoms in total. The molecule has 2 heterocycles. The Morgan fingerprint density at radius 3 is 1.11 bits per heavy atom. The summed E-state index contributed by atoms with van der Waals surface area (Å²) < 4.78 is 48.3. The number of aliphatic hydroxyl groups is 3. The monoisotopic (exact) mass is 2350 g/mol. The van der Waals surface area contributed by atoms with Gasteiger partial charge >= 0.3 is 59.0 Å². The molecule has 0 saturated heterocycles. The van der Waals surface area contributed by atoms with Crippen molar-refractivity contribution in [1.29, 1.82) is 0 Å². The Hall–Kier alpha value is -4.04. The van der Waals surface area contributed by atoms with E-state index in [9.17, 15) is 28.8 Å². The fourth-order valence-corrected chi connectivity index (χ4v) is 12.4. The van der Waals surface area contributed by atoms with E-state index in [1.54, 1.807) is 68.4 Å². The number of rotatable bonds is 26. The number of nitrogens with zero attached hydrogens (tertiary/aromatic N) is 6. The molecule has 0 amide bonds. The van der Waals surface area contributed by atoms with Gasteiger partial charge in [-0.25, -0.2) is 24.2 Å². The Morgan fingerprint density at radius 2 is 0.818 bits per heavy atom. The number of ether oxygens (including phenoxy) is 3. The van der Waals surface area contributed by atoms with Gasteiger partial charge in [0.1, 0.15) is 4.03 Å². The van der Waals surface area contributed by atoms with Gasteiger partial charge in [-0.1, -0.05) is 233 Å². The third-order valence-corrected chi connectivity index (χ3v) is 20.0. The zero-order valence-corrected chi connectivity index (χ0v) is 94.7. The summed E-state index contributed by atoms with van der Waals surface area (Å²) in [6, 6.07) is 35.8. The molecule has 745 valence electrons. The molecule has 132 heavy (non-hydrogen) atoms. The number of nitrogens with one attached hydrogen (secondary N) is 4. The molecule has 0 aliphatic rings. The molecule has 8 rings (SSSR count). The topological polar surface area (TPSA) is 383 Å². The van der Waals surface area contributed by atoms with E-state index in [2.05, 4.69) is 242 Å². The molecular formula is C87H129BBr4Cl8N10O17PS4. The van der Waals surface area contributed by atoms with E-state index in [0.717, 1.165) is 129 Å². The van der Waals surface area contributed by atoms with Crippen molar-refractivity contribution >= 4 is 238 Å². The second kappa shape index (κ2) is 89.6. The number of alkyl halides is 3. The molecule has 0 fully saturated rings. The van der Waals surface area contributed by atoms with Gasteiger partial charge in [-0.15, -0.1) is 23.2 Å². The van der Waals surface area contributed by atoms with Crippen LogP contribution >= 0.6 is 196 Å². The van der Waals surface area contributed by atoms with Crippen molar-refractivity contribution in [2.24, 2.45) is 4.30 Å². The number of carboxylic acids is 1. The summed E-state index contributed by atoms with van der Waals surface area (Å²) in [5, 5.41) is 39.8. The number of carboxylic acid groups (broad SMARTS) is 1. The van der Waals surface area contributed by atoms with Gasteiger partial charge in [-0.3, -0.25) is 38.4 Å². The van der Waals surface area contributed by atoms with Crippen molar-refractivity contribution in [3.05, 3.63) is 255 Å². The van der Waals surface area contributed by atoms with Crippen molar-refractivity contribution in [2.75, 3.05) is 112 Å². The molecule has 0 saturated carbocycles. The summed E-state index contributed by atoms with van der Waals surface area (Å²) >= 11 is 67.1. The van der Waals surface area contributed by atoms with E-state index in [0.29, 0.717) is 57.8 Å². The first-order chi connectivity index (χ1) is 62.2. The molecule has 2 aromatic heterocycles. The van der Waals surface area contributed by atoms with Gasteiger partial charge in [-0.05, 0) is 259 Å². The molecule has 0 spiro atoms. The van der Waals surface area contributed by atoms with Crippen LogP contribution in [0.3, 0.4) is 0 Å². The van der Waals surface area contributed by atoms with Crippen molar-refractivity contribution in [3.8, 4) is 0 Å². The van der Waals surface area contributed by atoms with Crippen molar-refractivity contribution in [2.45, 2.75) is 153 Å². The van der Waals surface area contributed by atoms with E-state index < -0.39 is 34.3 Å². The van der Waals surface area contributed by atoms with Gasteiger partial charge in [0.25, 0.3) is 11.1 Å². The quantitative estimate of drug-likeness (QED) is 0.00229. The summed E-state index contributed by atoms with van der Waals surface area (Å²) in [4.78, 5) is 87.9. The van der Waals surface area contributed by atoms with Crippen LogP contribution in [-0.4, -0.2) is 221 Å². The Bertz CT molecular complexity index is 4710. The summed E-state index contributed by atoms with van der Waals surface area (Å²) in [5.41, 5.74) is 10.9. The fourth-order valence-electron chi connectivity index (χ4n) is 9.65. The van der Waals surface area contributed by atoms with E-state index >= 15 is 0 Å². The Morgan fingerprint density at radius 1 is 0.523 bits per heavy atom. The van der Waals surface area contributed by atoms with Gasteiger partial charge < -0.3 is 54.8 Å². The number of aliphatic hydroxyl groups excluding tert-OH is 3. The fraction of sp³-hybridized carbons (Fsp3) is 0.448. The Kier molecular flexibility index (Phi) is 95.7. The van der Waals surface area contributed by atoms with Crippen LogP contribution in [0.4, 0.5) is 0 Å². The number of methoxy groups -OCH3 is 3. The average molecular weight is 2360 g/mol. The summed E-state index contributed by atoms with van der Waals surface area (Å²) in [6.07, 6.45) is 0. The number of aromatic carboxylic acids is 1. The number of aromatic nitrogens is 4. The van der Waals surface area contributed by atoms with Crippen LogP contribution < -0.4 is 16.4 Å². The van der Waals surface area contributed by atoms with E-state index in [1.165, 1.54) is 76.0 Å². The van der Waals surface area contributed by atoms with Crippen molar-refractivity contribution < 1.29 is 71.3 Å². The number of benzene rings is 6. The predicted octanol–water partition coefficient (Wildman–Crippen LogP) is 24.0. The molecule has 0 bridgehead atoms. The van der Waals surface area contributed by atoms with Gasteiger partial charge in [0.15, 0.2) is 9.93 Å². The summed E-state index contributed by atoms with van der Waals surface area (Å²) in [5.74, 6) is -1.51. The number of carbonyl (C=O) groups is 4. The van der Waals surface area contributed by atoms with Crippen LogP contribution in [0.5, 0.6) is 0 Å². The van der Waals surface area contributed by atoms with E-state index in [4.69, 9.17) is 135 Å². The molecule has 0 aliphatic heterocycles. The first kappa shape index (κ1) is 141. The molecule has 6 aromatic carbocycles. The van der Waals surface area contributed by atoms with Crippen LogP contribution in [0.2, 0.25) is 30.1 Å². The molecule has 1 radical (unpaired) electrons. The van der Waals surface area contributed by atoms with Gasteiger partial charge in [0.05, 0.1) is 75.6 Å². The third kappa shape index (κ3) is 75.9. The zero-order chi connectivity index (χ0) is 103. The SMILES string of the molecule is BrP(Br)Br.CCN(CC)CC.CCN(CC)Cc1ccc(Cl)c(C(=O)OC)c1.CCN(CC)Cc1ccc(Cl)c(CO)c1.CCN(CC)Cc1ccc(Cl)c(CSc2nc(C)cc(=O)[nH]2)c1.CCNCC.CCO.CO.COC(=O)c1cc(C)ccc1Cl.COC(=O)c1cc(CBr)ccc1Cl.Cc1cc(=O)[nH]c(=S)[nH]1.Cc1ccc(Cl)c(C(=O)O)c1.ClCCl.O=S(=O)(O)O.[B]=NS. The minimum absolute atomic E-state index is 0.00488. The summed E-state index contributed by atoms with van der Waals surface area (Å²) in [7, 11) is 4.69. The molecular weight excluding hydrogens is 2230 g/mol. The third-order valence-electron chi connectivity index (χ3n) is 16.1. The number of aromatic amines is 3. The number of H-pyrrole nitrogens is 3. The molecule has 45 heteroatoms. The molecule has 8 aromatic rings. The number of hydrogen-bond donors (Lipinski definition) is 11. The normalized spacial score (nSPS) is 9.83. The van der Waals surface area contributed by atoms with Crippen molar-refractivity contribution in [3.63, 3.8) is 0 Å². The van der Waals surface area contributed by atoms with Crippen LogP contribution in [0, 0.1) is 32.5 Å². The van der Waals surface area contributed by atoms with E-state index in [1.807, 2.05) is 63.2 Å². The first-order valence-electron chi connectivity index (χ1n) is 40.3. The zero-order valence-electron chi connectivity index (χ0n) is 78.1. The number of aryl methyl sites for hydroxylation is 4. The number of thiol groups is 1. The maximum atomic E-state index is 11.5. The number of hydrogen-bond acceptors (Lipinski definition) is 24. The number of halogens is 12. The second-order valence-corrected chi connectivity index (χ2v) is 47.0. The van der Waals surface area contributed by atoms with Crippen LogP contribution in [0.15, 0.2) is 140 Å². The number of carbonyl (C=O) groups excluding carboxylic acids is 3. The maximum absolute atomic E-state index is 11.5. The van der Waals surface area contributed by atoms with E-state index in [-0.39, 0.29) is 44.3 Å². The summed E-state index contributed by atoms with van der Waals surface area (Å²) in [6.45, 7) is 47.3. The second-order valence-electron chi connectivity index (χ2n) is 25.4. The number of esters is 3. The van der Waals surface area contributed by atoms with Crippen LogP contribution in [-0.2, 0) is 61.9 Å². The molecule has 10 N–H and O–H groups in total. The van der Waals surface area contributed by atoms with Crippen molar-refractivity contribution in [1.82, 2.24) is 44.9 Å². The predicted molar refractivity (Wildman–Crippen MR) is 574 cm³/mol. The van der Waals surface area contributed by atoms with Gasteiger partial charge in [0.2, 0.25) is 0 Å². The van der Waals surface area contributed by atoms with Crippen LogP contribution in [0.1, 0.15) is 180 Å². The Balaban J connectivity index is -0.000000265. The molecule has 0 unspecified atom stereocenters. The standard InChI is InChI=1S/C17H22ClN3OS.C13H18ClNO2.C12H18ClNO.C9H8BrClO2.C9H9ClO2.C8H7ClO2.C6H15N.C5H6N2OS.C4H11N.C2H6O.CH2Cl2.CH4O.BHNS.Br3P.H2O4S/c1-4-21(5-2)10-13-6-7-15(18)14(9-13)11-23-17-19-12(3)8-16(22)20-17;1-4-15(5-2)9-10-6-7-12(14)11(8-10)13(16)17-3;1-3-14(4-2)8-10-5-6-12(13)11(7-10)9-15;1-13-9(12)7-4-6(5-10)2-3-8(7)11;1-6-3-4-8(10)7(5-6)9(11)12-2;1-5-2-3-7(9)6(4-5)8(10)11;1-4-7(5-2)6-3;1-3-2-4(8)7-5(9)6-3;1-3-5-4-2;1-2-3;2-1-3;1-2;1-2-3;1-4(2)3;1-5(2,3)4/h6-9H,4-5,10-11H2,1-3H3,(H,19,20,22);6-8H,4-5,9H2,1-3H3;5-7,15H,3-4,8-9H2,1-2H3;2-4H,5H2,1H3;3-5H,1-2H3;2-4H,1H3,(H,10,11);4-6H2,1-3H3;2H,1H3,(H2,6,7,8,9);5H,3-4H2,1-2H3;3H,2H2,1H3;1H2;2H,1H3;3H;;(H2,1,2,3,4).